The highest BCUT2D eigenvalue weighted by atomic mass is 16.3. The maximum Gasteiger partial charge on any atom is 0.134 e. The summed E-state index contributed by atoms with van der Waals surface area (Å²) in [6, 6.07) is 34.1. The third-order valence-corrected chi connectivity index (χ3v) is 5.07. The molecule has 4 aromatic carbocycles. The Kier molecular flexibility index (Phi) is 3.57. The Morgan fingerprint density at radius 1 is 0.577 bits per heavy atom. The number of fused-ring (bicyclic) bond motifs is 3. The number of hydrogen-bond acceptors (Lipinski definition) is 1. The van der Waals surface area contributed by atoms with E-state index in [0.29, 0.717) is 0 Å². The van der Waals surface area contributed by atoms with E-state index in [2.05, 4.69) is 97.1 Å². The van der Waals surface area contributed by atoms with E-state index >= 15 is 0 Å². The molecule has 1 heteroatoms. The lowest BCUT2D eigenvalue weighted by Crippen LogP contribution is -2.02. The van der Waals surface area contributed by atoms with Crippen molar-refractivity contribution >= 4 is 21.7 Å². The minimum Gasteiger partial charge on any atom is -0.464 e. The van der Waals surface area contributed by atoms with Crippen LogP contribution >= 0.6 is 0 Å². The van der Waals surface area contributed by atoms with E-state index < -0.39 is 0 Å². The van der Waals surface area contributed by atoms with Crippen molar-refractivity contribution in [2.45, 2.75) is 5.92 Å². The van der Waals surface area contributed by atoms with Gasteiger partial charge in [0.05, 0.1) is 6.26 Å². The monoisotopic (exact) mass is 334 g/mol. The van der Waals surface area contributed by atoms with Crippen LogP contribution in [-0.4, -0.2) is 0 Å². The van der Waals surface area contributed by atoms with Crippen LogP contribution in [0.2, 0.25) is 0 Å². The highest BCUT2D eigenvalue weighted by Crippen LogP contribution is 2.39. The van der Waals surface area contributed by atoms with Crippen LogP contribution in [0.4, 0.5) is 0 Å². The maximum absolute atomic E-state index is 5.98. The first-order valence-electron chi connectivity index (χ1n) is 8.90. The highest BCUT2D eigenvalue weighted by molar-refractivity contribution is 6.07. The summed E-state index contributed by atoms with van der Waals surface area (Å²) in [6.07, 6.45) is 1.93. The van der Waals surface area contributed by atoms with E-state index in [-0.39, 0.29) is 5.92 Å². The molecule has 5 aromatic rings. The van der Waals surface area contributed by atoms with Crippen molar-refractivity contribution in [3.05, 3.63) is 120 Å². The van der Waals surface area contributed by atoms with E-state index in [1.807, 2.05) is 6.26 Å². The van der Waals surface area contributed by atoms with Crippen LogP contribution < -0.4 is 0 Å². The van der Waals surface area contributed by atoms with E-state index in [1.54, 1.807) is 0 Å². The molecule has 0 aliphatic carbocycles. The Morgan fingerprint density at radius 3 is 1.88 bits per heavy atom. The minimum atomic E-state index is 0.143. The average Bonchev–Trinajstić information content (AvgIpc) is 3.14. The van der Waals surface area contributed by atoms with Gasteiger partial charge in [-0.25, -0.2) is 0 Å². The number of hydrogen-bond donors (Lipinski definition) is 0. The molecule has 1 nitrogen and oxygen atoms in total. The van der Waals surface area contributed by atoms with E-state index in [9.17, 15) is 0 Å². The fraction of sp³-hybridized carbons (Fsp3) is 0.0400. The normalized spacial score (nSPS) is 11.4. The second kappa shape index (κ2) is 6.20. The average molecular weight is 334 g/mol. The van der Waals surface area contributed by atoms with Crippen molar-refractivity contribution in [2.75, 3.05) is 0 Å². The standard InChI is InChI=1S/C25H18O/c1-3-10-19(11-4-1)24(20-12-5-2-6-13-20)22-17-26-23-16-15-18-9-7-8-14-21(18)25(22)23/h1-17,24H. The van der Waals surface area contributed by atoms with Crippen molar-refractivity contribution in [2.24, 2.45) is 0 Å². The molecule has 0 amide bonds. The van der Waals surface area contributed by atoms with Crippen LogP contribution in [0.15, 0.2) is 108 Å². The number of benzene rings is 4. The molecule has 0 fully saturated rings. The summed E-state index contributed by atoms with van der Waals surface area (Å²) in [5.74, 6) is 0.143. The van der Waals surface area contributed by atoms with Gasteiger partial charge in [0.1, 0.15) is 5.58 Å². The fourth-order valence-corrected chi connectivity index (χ4v) is 3.89. The van der Waals surface area contributed by atoms with Crippen molar-refractivity contribution in [1.82, 2.24) is 0 Å². The molecule has 0 saturated heterocycles. The van der Waals surface area contributed by atoms with Gasteiger partial charge in [-0.1, -0.05) is 91.0 Å². The lowest BCUT2D eigenvalue weighted by atomic mass is 9.84. The fourth-order valence-electron chi connectivity index (χ4n) is 3.89. The van der Waals surface area contributed by atoms with Gasteiger partial charge in [-0.05, 0) is 28.0 Å². The first-order valence-corrected chi connectivity index (χ1v) is 8.90. The lowest BCUT2D eigenvalue weighted by molar-refractivity contribution is 0.609. The Morgan fingerprint density at radius 2 is 1.19 bits per heavy atom. The van der Waals surface area contributed by atoms with E-state index in [1.165, 1.54) is 32.8 Å². The molecule has 0 aliphatic heterocycles. The van der Waals surface area contributed by atoms with Crippen LogP contribution in [0.3, 0.4) is 0 Å². The molecule has 0 atom stereocenters. The molecular weight excluding hydrogens is 316 g/mol. The van der Waals surface area contributed by atoms with Gasteiger partial charge in [-0.3, -0.25) is 0 Å². The first kappa shape index (κ1) is 15.0. The maximum atomic E-state index is 5.98. The van der Waals surface area contributed by atoms with Crippen LogP contribution in [-0.2, 0) is 0 Å². The molecule has 0 N–H and O–H groups in total. The summed E-state index contributed by atoms with van der Waals surface area (Å²) >= 11 is 0. The summed E-state index contributed by atoms with van der Waals surface area (Å²) in [5.41, 5.74) is 4.70. The molecule has 5 rings (SSSR count). The Labute approximate surface area is 152 Å². The molecule has 0 spiro atoms. The zero-order chi connectivity index (χ0) is 17.3. The summed E-state index contributed by atoms with van der Waals surface area (Å²) in [5, 5.41) is 3.69. The Hall–Kier alpha value is -3.32. The van der Waals surface area contributed by atoms with Crippen molar-refractivity contribution in [3.63, 3.8) is 0 Å². The SMILES string of the molecule is c1ccc(C(c2ccccc2)c2coc3ccc4ccccc4c23)cc1. The molecule has 1 heterocycles. The zero-order valence-electron chi connectivity index (χ0n) is 14.3. The quantitative estimate of drug-likeness (QED) is 0.355. The summed E-state index contributed by atoms with van der Waals surface area (Å²) < 4.78 is 5.98. The lowest BCUT2D eigenvalue weighted by Gasteiger charge is -2.18. The molecule has 0 unspecified atom stereocenters. The summed E-state index contributed by atoms with van der Waals surface area (Å²) in [6.45, 7) is 0. The molecule has 0 aliphatic rings. The van der Waals surface area contributed by atoms with Crippen LogP contribution in [0.1, 0.15) is 22.6 Å². The predicted molar refractivity (Wildman–Crippen MR) is 108 cm³/mol. The first-order chi connectivity index (χ1) is 12.9. The highest BCUT2D eigenvalue weighted by Gasteiger charge is 2.22. The van der Waals surface area contributed by atoms with E-state index in [0.717, 1.165) is 5.58 Å². The third kappa shape index (κ3) is 2.41. The molecule has 0 saturated carbocycles. The van der Waals surface area contributed by atoms with Gasteiger partial charge in [0.25, 0.3) is 0 Å². The molecule has 0 bridgehead atoms. The zero-order valence-corrected chi connectivity index (χ0v) is 14.3. The van der Waals surface area contributed by atoms with Gasteiger partial charge < -0.3 is 4.42 Å². The van der Waals surface area contributed by atoms with Crippen molar-refractivity contribution in [3.8, 4) is 0 Å². The smallest absolute Gasteiger partial charge is 0.134 e. The van der Waals surface area contributed by atoms with Crippen LogP contribution in [0.5, 0.6) is 0 Å². The molecule has 0 radical (unpaired) electrons. The van der Waals surface area contributed by atoms with Gasteiger partial charge >= 0.3 is 0 Å². The van der Waals surface area contributed by atoms with Crippen molar-refractivity contribution in [1.29, 1.82) is 0 Å². The van der Waals surface area contributed by atoms with Gasteiger partial charge in [-0.2, -0.15) is 0 Å². The number of furan rings is 1. The molecule has 26 heavy (non-hydrogen) atoms. The summed E-state index contributed by atoms with van der Waals surface area (Å²) in [4.78, 5) is 0. The molecular formula is C25H18O. The third-order valence-electron chi connectivity index (χ3n) is 5.07. The predicted octanol–water partition coefficient (Wildman–Crippen LogP) is 6.77. The second-order valence-corrected chi connectivity index (χ2v) is 6.61. The number of rotatable bonds is 3. The van der Waals surface area contributed by atoms with Gasteiger partial charge in [-0.15, -0.1) is 0 Å². The van der Waals surface area contributed by atoms with Crippen LogP contribution in [0.25, 0.3) is 21.7 Å². The van der Waals surface area contributed by atoms with Gasteiger partial charge in [0.2, 0.25) is 0 Å². The summed E-state index contributed by atoms with van der Waals surface area (Å²) in [7, 11) is 0. The van der Waals surface area contributed by atoms with Crippen LogP contribution in [0, 0.1) is 0 Å². The Bertz CT molecular complexity index is 1130. The molecule has 124 valence electrons. The Balaban J connectivity index is 1.84. The largest absolute Gasteiger partial charge is 0.464 e. The topological polar surface area (TPSA) is 13.1 Å². The van der Waals surface area contributed by atoms with Gasteiger partial charge in [0.15, 0.2) is 0 Å². The van der Waals surface area contributed by atoms with Gasteiger partial charge in [0, 0.05) is 16.9 Å². The van der Waals surface area contributed by atoms with E-state index in [4.69, 9.17) is 4.42 Å². The van der Waals surface area contributed by atoms with Crippen molar-refractivity contribution < 1.29 is 4.42 Å². The molecule has 1 aromatic heterocycles. The minimum absolute atomic E-state index is 0.143. The second-order valence-electron chi connectivity index (χ2n) is 6.61.